The second kappa shape index (κ2) is 11.9. The average Bonchev–Trinajstić information content (AvgIpc) is 2.83. The number of hydrogen-bond donors (Lipinski definition) is 2. The number of ether oxygens (including phenoxy) is 1. The zero-order valence-corrected chi connectivity index (χ0v) is 20.6. The van der Waals surface area contributed by atoms with E-state index in [1.54, 1.807) is 6.07 Å². The topological polar surface area (TPSA) is 98.5 Å². The van der Waals surface area contributed by atoms with Crippen LogP contribution in [0.4, 0.5) is 4.39 Å². The highest BCUT2D eigenvalue weighted by Gasteiger charge is 2.35. The van der Waals surface area contributed by atoms with Gasteiger partial charge in [0.2, 0.25) is 15.9 Å². The first kappa shape index (κ1) is 26.3. The third-order valence-electron chi connectivity index (χ3n) is 6.79. The summed E-state index contributed by atoms with van der Waals surface area (Å²) in [6.07, 6.45) is 4.29. The number of amides is 1. The maximum absolute atomic E-state index is 15.1. The van der Waals surface area contributed by atoms with Crippen molar-refractivity contribution in [2.75, 3.05) is 13.2 Å². The summed E-state index contributed by atoms with van der Waals surface area (Å²) in [7, 11) is -3.71. The first-order valence-electron chi connectivity index (χ1n) is 12.0. The molecule has 34 heavy (non-hydrogen) atoms. The molecule has 2 aromatic carbocycles. The van der Waals surface area contributed by atoms with Gasteiger partial charge in [-0.1, -0.05) is 62.2 Å². The van der Waals surface area contributed by atoms with Crippen molar-refractivity contribution in [1.82, 2.24) is 4.72 Å². The van der Waals surface area contributed by atoms with Crippen LogP contribution in [0.1, 0.15) is 73.8 Å². The van der Waals surface area contributed by atoms with Crippen molar-refractivity contribution >= 4 is 15.9 Å². The van der Waals surface area contributed by atoms with Crippen LogP contribution in [0.2, 0.25) is 0 Å². The van der Waals surface area contributed by atoms with E-state index in [1.165, 1.54) is 6.07 Å². The van der Waals surface area contributed by atoms with E-state index in [-0.39, 0.29) is 29.9 Å². The summed E-state index contributed by atoms with van der Waals surface area (Å²) < 4.78 is 49.5. The lowest BCUT2D eigenvalue weighted by Crippen LogP contribution is -2.35. The number of rotatable bonds is 12. The minimum atomic E-state index is -3.71. The molecule has 6 nitrogen and oxygen atoms in total. The van der Waals surface area contributed by atoms with Gasteiger partial charge in [0.05, 0.1) is 0 Å². The minimum Gasteiger partial charge on any atom is -0.381 e. The van der Waals surface area contributed by atoms with Gasteiger partial charge < -0.3 is 10.5 Å². The molecule has 1 atom stereocenters. The normalized spacial score (nSPS) is 16.8. The molecule has 1 heterocycles. The Bertz CT molecular complexity index is 1050. The third kappa shape index (κ3) is 6.64. The molecular formula is C26H35FN2O4S. The van der Waals surface area contributed by atoms with Gasteiger partial charge in [-0.25, -0.2) is 17.5 Å². The van der Waals surface area contributed by atoms with Gasteiger partial charge in [-0.05, 0) is 42.9 Å². The van der Waals surface area contributed by atoms with Crippen LogP contribution in [0.3, 0.4) is 0 Å². The van der Waals surface area contributed by atoms with E-state index in [1.807, 2.05) is 43.3 Å². The molecule has 8 heteroatoms. The van der Waals surface area contributed by atoms with E-state index in [2.05, 4.69) is 4.72 Å². The Labute approximate surface area is 202 Å². The Morgan fingerprint density at radius 3 is 2.50 bits per heavy atom. The number of unbranched alkanes of at least 4 members (excludes halogenated alkanes) is 1. The molecule has 1 unspecified atom stereocenters. The van der Waals surface area contributed by atoms with Gasteiger partial charge in [-0.15, -0.1) is 0 Å². The highest BCUT2D eigenvalue weighted by Crippen LogP contribution is 2.39. The Kier molecular flexibility index (Phi) is 9.22. The van der Waals surface area contributed by atoms with Crippen molar-refractivity contribution in [2.45, 2.75) is 69.1 Å². The van der Waals surface area contributed by atoms with E-state index >= 15 is 4.39 Å². The first-order chi connectivity index (χ1) is 16.3. The summed E-state index contributed by atoms with van der Waals surface area (Å²) in [4.78, 5) is 11.4. The number of nitrogens with two attached hydrogens (primary N) is 1. The SMILES string of the molecule is CCCCC(c1ccccc1)S(=O)(=O)NCc1ccc(C2(CCC(N)=O)CCOCC2)cc1F. The molecule has 1 aliphatic rings. The number of benzene rings is 2. The van der Waals surface area contributed by atoms with Gasteiger partial charge in [0.25, 0.3) is 0 Å². The zero-order valence-electron chi connectivity index (χ0n) is 19.8. The predicted octanol–water partition coefficient (Wildman–Crippen LogP) is 4.49. The molecule has 1 aliphatic heterocycles. The number of nitrogens with one attached hydrogen (secondary N) is 1. The molecule has 0 aromatic heterocycles. The van der Waals surface area contributed by atoms with Crippen molar-refractivity contribution in [2.24, 2.45) is 5.73 Å². The van der Waals surface area contributed by atoms with Crippen LogP contribution >= 0.6 is 0 Å². The highest BCUT2D eigenvalue weighted by molar-refractivity contribution is 7.89. The number of primary amides is 1. The Morgan fingerprint density at radius 1 is 1.18 bits per heavy atom. The van der Waals surface area contributed by atoms with Crippen molar-refractivity contribution in [3.8, 4) is 0 Å². The van der Waals surface area contributed by atoms with Crippen LogP contribution in [0.15, 0.2) is 48.5 Å². The quantitative estimate of drug-likeness (QED) is 0.458. The molecule has 0 bridgehead atoms. The molecule has 3 N–H and O–H groups in total. The Morgan fingerprint density at radius 2 is 1.88 bits per heavy atom. The molecular weight excluding hydrogens is 455 g/mol. The minimum absolute atomic E-state index is 0.124. The van der Waals surface area contributed by atoms with Crippen molar-refractivity contribution in [1.29, 1.82) is 0 Å². The Balaban J connectivity index is 1.77. The van der Waals surface area contributed by atoms with Gasteiger partial charge in [0, 0.05) is 37.2 Å². The summed E-state index contributed by atoms with van der Waals surface area (Å²) in [5.41, 5.74) is 6.81. The largest absolute Gasteiger partial charge is 0.381 e. The van der Waals surface area contributed by atoms with Gasteiger partial charge in [-0.3, -0.25) is 4.79 Å². The summed E-state index contributed by atoms with van der Waals surface area (Å²) in [6.45, 7) is 2.98. The van der Waals surface area contributed by atoms with Crippen LogP contribution < -0.4 is 10.5 Å². The van der Waals surface area contributed by atoms with Gasteiger partial charge in [0.15, 0.2) is 0 Å². The van der Waals surface area contributed by atoms with Gasteiger partial charge in [-0.2, -0.15) is 0 Å². The predicted molar refractivity (Wildman–Crippen MR) is 131 cm³/mol. The van der Waals surface area contributed by atoms with Crippen molar-refractivity contribution < 1.29 is 22.3 Å². The molecule has 186 valence electrons. The van der Waals surface area contributed by atoms with Gasteiger partial charge >= 0.3 is 0 Å². The van der Waals surface area contributed by atoms with E-state index in [0.29, 0.717) is 38.9 Å². The smallest absolute Gasteiger partial charge is 0.218 e. The third-order valence-corrected chi connectivity index (χ3v) is 8.60. The van der Waals surface area contributed by atoms with Gasteiger partial charge in [0.1, 0.15) is 11.1 Å². The lowest BCUT2D eigenvalue weighted by Gasteiger charge is -2.38. The van der Waals surface area contributed by atoms with E-state index in [0.717, 1.165) is 24.0 Å². The molecule has 0 radical (unpaired) electrons. The number of carbonyl (C=O) groups is 1. The fourth-order valence-corrected chi connectivity index (χ4v) is 6.22. The fraction of sp³-hybridized carbons (Fsp3) is 0.500. The molecule has 1 saturated heterocycles. The lowest BCUT2D eigenvalue weighted by molar-refractivity contribution is -0.118. The van der Waals surface area contributed by atoms with Crippen molar-refractivity contribution in [3.05, 3.63) is 71.0 Å². The maximum Gasteiger partial charge on any atom is 0.218 e. The number of sulfonamides is 1. The van der Waals surface area contributed by atoms with Crippen LogP contribution in [0, 0.1) is 5.82 Å². The monoisotopic (exact) mass is 490 g/mol. The lowest BCUT2D eigenvalue weighted by atomic mass is 9.71. The van der Waals surface area contributed by atoms with Crippen LogP contribution in [0.5, 0.6) is 0 Å². The molecule has 1 amide bonds. The first-order valence-corrected chi connectivity index (χ1v) is 13.5. The fourth-order valence-electron chi connectivity index (χ4n) is 4.67. The summed E-state index contributed by atoms with van der Waals surface area (Å²) in [5.74, 6) is -0.844. The molecule has 0 saturated carbocycles. The molecule has 0 aliphatic carbocycles. The molecule has 3 rings (SSSR count). The average molecular weight is 491 g/mol. The van der Waals surface area contributed by atoms with Crippen LogP contribution in [-0.4, -0.2) is 27.5 Å². The summed E-state index contributed by atoms with van der Waals surface area (Å²) in [6, 6.07) is 14.1. The number of hydrogen-bond acceptors (Lipinski definition) is 4. The Hall–Kier alpha value is -2.29. The summed E-state index contributed by atoms with van der Waals surface area (Å²) in [5, 5.41) is -0.685. The van der Waals surface area contributed by atoms with Crippen LogP contribution in [0.25, 0.3) is 0 Å². The van der Waals surface area contributed by atoms with Crippen LogP contribution in [-0.2, 0) is 31.5 Å². The second-order valence-electron chi connectivity index (χ2n) is 9.07. The molecule has 2 aromatic rings. The molecule has 0 spiro atoms. The molecule has 1 fully saturated rings. The maximum atomic E-state index is 15.1. The number of carbonyl (C=O) groups excluding carboxylic acids is 1. The van der Waals surface area contributed by atoms with Crippen molar-refractivity contribution in [3.63, 3.8) is 0 Å². The van der Waals surface area contributed by atoms with E-state index in [9.17, 15) is 13.2 Å². The van der Waals surface area contributed by atoms with E-state index in [4.69, 9.17) is 10.5 Å². The standard InChI is InChI=1S/C26H35FN2O4S/c1-2-3-9-24(20-7-5-4-6-8-20)34(31,32)29-19-21-10-11-22(18-23(21)27)26(13-12-25(28)30)14-16-33-17-15-26/h4-8,10-11,18,24,29H,2-3,9,12-17,19H2,1H3,(H2,28,30). The second-order valence-corrected chi connectivity index (χ2v) is 11.0. The summed E-state index contributed by atoms with van der Waals surface area (Å²) >= 11 is 0. The number of halogens is 1. The van der Waals surface area contributed by atoms with E-state index < -0.39 is 21.1 Å². The zero-order chi connectivity index (χ0) is 24.6. The highest BCUT2D eigenvalue weighted by atomic mass is 32.2.